The van der Waals surface area contributed by atoms with Crippen LogP contribution in [0.2, 0.25) is 0 Å². The Morgan fingerprint density at radius 3 is 2.67 bits per heavy atom. The van der Waals surface area contributed by atoms with E-state index >= 15 is 0 Å². The van der Waals surface area contributed by atoms with Gasteiger partial charge < -0.3 is 10.6 Å². The van der Waals surface area contributed by atoms with E-state index in [0.717, 1.165) is 6.42 Å². The Hall–Kier alpha value is -0.730. The molecular formula is C6H11N2O-. The van der Waals surface area contributed by atoms with Crippen LogP contribution in [-0.2, 0) is 4.79 Å². The van der Waals surface area contributed by atoms with Gasteiger partial charge >= 0.3 is 0 Å². The second-order valence-corrected chi connectivity index (χ2v) is 2.08. The third kappa shape index (κ3) is 2.95. The van der Waals surface area contributed by atoms with Gasteiger partial charge in [0.15, 0.2) is 5.78 Å². The average molecular weight is 127 g/mol. The number of hydrogen-bond acceptors (Lipinski definition) is 2. The Bertz CT molecular complexity index is 112. The van der Waals surface area contributed by atoms with Crippen LogP contribution < -0.4 is 0 Å². The average Bonchev–Trinajstić information content (AvgIpc) is 1.87. The summed E-state index contributed by atoms with van der Waals surface area (Å²) in [6, 6.07) is 0. The van der Waals surface area contributed by atoms with Crippen LogP contribution in [0.1, 0.15) is 20.3 Å². The van der Waals surface area contributed by atoms with Gasteiger partial charge in [-0.05, 0) is 6.42 Å². The van der Waals surface area contributed by atoms with Gasteiger partial charge in [0, 0.05) is 5.92 Å². The van der Waals surface area contributed by atoms with E-state index in [1.54, 1.807) is 0 Å². The third-order valence-electron chi connectivity index (χ3n) is 1.39. The van der Waals surface area contributed by atoms with Crippen LogP contribution in [-0.4, -0.2) is 12.3 Å². The molecule has 0 fully saturated rings. The molecule has 9 heavy (non-hydrogen) atoms. The SMILES string of the molecule is CC[C@H](C)C(=O)CN=[N-]. The summed E-state index contributed by atoms with van der Waals surface area (Å²) >= 11 is 0. The molecule has 0 aromatic heterocycles. The van der Waals surface area contributed by atoms with E-state index in [0.29, 0.717) is 0 Å². The Morgan fingerprint density at radius 2 is 2.33 bits per heavy atom. The van der Waals surface area contributed by atoms with E-state index in [-0.39, 0.29) is 18.2 Å². The number of nitrogens with zero attached hydrogens (tertiary/aromatic N) is 2. The van der Waals surface area contributed by atoms with Gasteiger partial charge in [0.25, 0.3) is 0 Å². The first-order chi connectivity index (χ1) is 4.22. The lowest BCUT2D eigenvalue weighted by atomic mass is 10.0. The lowest BCUT2D eigenvalue weighted by molar-refractivity contribution is -0.121. The van der Waals surface area contributed by atoms with Gasteiger partial charge in [-0.3, -0.25) is 4.79 Å². The number of Topliss-reactive ketones (excluding diaryl/α,β-unsaturated/α-hetero) is 1. The van der Waals surface area contributed by atoms with Crippen molar-refractivity contribution < 1.29 is 4.79 Å². The normalized spacial score (nSPS) is 12.7. The van der Waals surface area contributed by atoms with Crippen molar-refractivity contribution in [1.29, 1.82) is 0 Å². The lowest BCUT2D eigenvalue weighted by Crippen LogP contribution is -2.12. The highest BCUT2D eigenvalue weighted by Crippen LogP contribution is 2.01. The largest absolute Gasteiger partial charge is 0.712 e. The van der Waals surface area contributed by atoms with Crippen LogP contribution >= 0.6 is 0 Å². The fraction of sp³-hybridized carbons (Fsp3) is 0.833. The van der Waals surface area contributed by atoms with Crippen molar-refractivity contribution in [3.8, 4) is 0 Å². The first-order valence-corrected chi connectivity index (χ1v) is 3.06. The molecule has 3 heteroatoms. The van der Waals surface area contributed by atoms with Gasteiger partial charge in [0.1, 0.15) is 0 Å². The quantitative estimate of drug-likeness (QED) is 0.529. The Balaban J connectivity index is 3.58. The number of hydrogen-bond donors (Lipinski definition) is 0. The maximum absolute atomic E-state index is 10.7. The molecular weight excluding hydrogens is 116 g/mol. The molecule has 0 bridgehead atoms. The van der Waals surface area contributed by atoms with Crippen molar-refractivity contribution in [3.63, 3.8) is 0 Å². The van der Waals surface area contributed by atoms with Gasteiger partial charge in [0.05, 0.1) is 6.54 Å². The molecule has 0 saturated carbocycles. The van der Waals surface area contributed by atoms with Gasteiger partial charge in [0.2, 0.25) is 0 Å². The number of ketones is 1. The number of rotatable bonds is 4. The minimum Gasteiger partial charge on any atom is -0.712 e. The van der Waals surface area contributed by atoms with Crippen LogP contribution in [0.3, 0.4) is 0 Å². The van der Waals surface area contributed by atoms with Gasteiger partial charge in [-0.1, -0.05) is 13.8 Å². The van der Waals surface area contributed by atoms with Gasteiger partial charge in [-0.25, -0.2) is 0 Å². The molecule has 0 N–H and O–H groups in total. The Kier molecular flexibility index (Phi) is 3.84. The predicted octanol–water partition coefficient (Wildman–Crippen LogP) is 1.62. The summed E-state index contributed by atoms with van der Waals surface area (Å²) in [5, 5.41) is 2.76. The molecule has 0 aliphatic carbocycles. The number of carbonyl (C=O) groups is 1. The first-order valence-electron chi connectivity index (χ1n) is 3.06. The van der Waals surface area contributed by atoms with Crippen molar-refractivity contribution in [1.82, 2.24) is 0 Å². The monoisotopic (exact) mass is 127 g/mol. The Morgan fingerprint density at radius 1 is 1.78 bits per heavy atom. The highest BCUT2D eigenvalue weighted by Gasteiger charge is 2.06. The van der Waals surface area contributed by atoms with Gasteiger partial charge in [-0.15, -0.1) is 0 Å². The second kappa shape index (κ2) is 4.18. The number of carbonyl (C=O) groups excluding carboxylic acids is 1. The molecule has 0 aliphatic heterocycles. The maximum atomic E-state index is 10.7. The summed E-state index contributed by atoms with van der Waals surface area (Å²) in [7, 11) is 0. The van der Waals surface area contributed by atoms with Crippen molar-refractivity contribution in [2.24, 2.45) is 11.0 Å². The van der Waals surface area contributed by atoms with Crippen LogP contribution in [0.4, 0.5) is 0 Å². The highest BCUT2D eigenvalue weighted by atomic mass is 16.1. The zero-order valence-electron chi connectivity index (χ0n) is 5.79. The summed E-state index contributed by atoms with van der Waals surface area (Å²) in [5.41, 5.74) is 7.99. The van der Waals surface area contributed by atoms with E-state index in [4.69, 9.17) is 5.53 Å². The fourth-order valence-electron chi connectivity index (χ4n) is 0.453. The second-order valence-electron chi connectivity index (χ2n) is 2.08. The molecule has 0 aromatic rings. The lowest BCUT2D eigenvalue weighted by Gasteiger charge is -2.04. The molecule has 0 aliphatic rings. The van der Waals surface area contributed by atoms with E-state index in [1.807, 2.05) is 13.8 Å². The minimum atomic E-state index is -0.0605. The smallest absolute Gasteiger partial charge is 0.155 e. The summed E-state index contributed by atoms with van der Waals surface area (Å²) in [5.74, 6) is 0.0286. The van der Waals surface area contributed by atoms with Crippen molar-refractivity contribution in [3.05, 3.63) is 5.53 Å². The van der Waals surface area contributed by atoms with E-state index in [2.05, 4.69) is 5.11 Å². The molecule has 0 heterocycles. The molecule has 1 atom stereocenters. The van der Waals surface area contributed by atoms with Crippen LogP contribution in [0.5, 0.6) is 0 Å². The van der Waals surface area contributed by atoms with E-state index < -0.39 is 0 Å². The molecule has 52 valence electrons. The third-order valence-corrected chi connectivity index (χ3v) is 1.39. The summed E-state index contributed by atoms with van der Waals surface area (Å²) in [6.45, 7) is 3.70. The topological polar surface area (TPSA) is 51.7 Å². The molecule has 0 aromatic carbocycles. The molecule has 0 unspecified atom stereocenters. The summed E-state index contributed by atoms with van der Waals surface area (Å²) in [6.07, 6.45) is 0.814. The molecule has 0 rings (SSSR count). The standard InChI is InChI=1S/C6H11N2O/c1-3-5(2)6(9)4-8-7/h5H,3-4H2,1-2H3/q-1/t5-/m0/s1. The highest BCUT2D eigenvalue weighted by molar-refractivity contribution is 5.82. The van der Waals surface area contributed by atoms with Crippen molar-refractivity contribution in [2.75, 3.05) is 6.54 Å². The van der Waals surface area contributed by atoms with Crippen molar-refractivity contribution in [2.45, 2.75) is 20.3 Å². The molecule has 0 radical (unpaired) electrons. The van der Waals surface area contributed by atoms with Crippen LogP contribution in [0, 0.1) is 5.92 Å². The van der Waals surface area contributed by atoms with Crippen LogP contribution in [0.25, 0.3) is 5.53 Å². The summed E-state index contributed by atoms with van der Waals surface area (Å²) in [4.78, 5) is 10.7. The Labute approximate surface area is 55.0 Å². The zero-order chi connectivity index (χ0) is 7.28. The molecule has 0 amide bonds. The van der Waals surface area contributed by atoms with E-state index in [9.17, 15) is 4.79 Å². The van der Waals surface area contributed by atoms with E-state index in [1.165, 1.54) is 0 Å². The first kappa shape index (κ1) is 8.27. The molecule has 3 nitrogen and oxygen atoms in total. The zero-order valence-corrected chi connectivity index (χ0v) is 5.79. The molecule has 0 saturated heterocycles. The van der Waals surface area contributed by atoms with Crippen molar-refractivity contribution >= 4 is 5.78 Å². The minimum absolute atomic E-state index is 0.000000000000000444. The predicted molar refractivity (Wildman–Crippen MR) is 35.1 cm³/mol. The fourth-order valence-corrected chi connectivity index (χ4v) is 0.453. The maximum Gasteiger partial charge on any atom is 0.155 e. The molecule has 0 spiro atoms. The van der Waals surface area contributed by atoms with Crippen LogP contribution in [0.15, 0.2) is 5.11 Å². The summed E-state index contributed by atoms with van der Waals surface area (Å²) < 4.78 is 0. The van der Waals surface area contributed by atoms with Gasteiger partial charge in [-0.2, -0.15) is 0 Å².